The molecule has 50 heavy (non-hydrogen) atoms. The fourth-order valence-corrected chi connectivity index (χ4v) is 5.36. The number of carbonyl (C=O) groups excluding carboxylic acids is 3. The second kappa shape index (κ2) is 18.6. The van der Waals surface area contributed by atoms with Crippen molar-refractivity contribution in [3.63, 3.8) is 0 Å². The van der Waals surface area contributed by atoms with Crippen LogP contribution in [0.3, 0.4) is 0 Å². The molecule has 0 spiro atoms. The van der Waals surface area contributed by atoms with E-state index in [0.717, 1.165) is 24.8 Å². The van der Waals surface area contributed by atoms with Gasteiger partial charge >= 0.3 is 18.1 Å². The molecule has 0 saturated heterocycles. The Kier molecular flexibility index (Phi) is 15.5. The molecule has 8 nitrogen and oxygen atoms in total. The molecule has 0 saturated carbocycles. The Hall–Kier alpha value is -4.38. The molecule has 11 heteroatoms. The van der Waals surface area contributed by atoms with Crippen molar-refractivity contribution in [2.24, 2.45) is 5.92 Å². The van der Waals surface area contributed by atoms with Gasteiger partial charge < -0.3 is 24.1 Å². The van der Waals surface area contributed by atoms with Crippen LogP contribution in [0.2, 0.25) is 0 Å². The van der Waals surface area contributed by atoms with Crippen molar-refractivity contribution in [2.75, 3.05) is 14.2 Å². The van der Waals surface area contributed by atoms with Crippen LogP contribution in [-0.4, -0.2) is 54.9 Å². The fourth-order valence-electron chi connectivity index (χ4n) is 5.36. The standard InChI is InChI=1S/C39H49F3O8/c1-9-37(6,50-32-21-20-31(43)24-29(32)25-34(44)47-7)22-14-16-27(4)15-13-17-28(5)35(45)33(23-26(2)3)49-36(46)38(48-8,39(40,41)42)30-18-11-10-12-19-30/h9-12,16,18-21,23-24,28,33,43H,1,13-15,17,22,25H2,2-8H3/b27-16+/t28?,33-,37?,38+/m1/s1. The lowest BCUT2D eigenvalue weighted by atomic mass is 9.91. The van der Waals surface area contributed by atoms with Gasteiger partial charge in [-0.15, -0.1) is 0 Å². The summed E-state index contributed by atoms with van der Waals surface area (Å²) in [6, 6.07) is 11.0. The topological polar surface area (TPSA) is 108 Å². The molecule has 0 fully saturated rings. The SMILES string of the molecule is C=CC(C)(CC/C=C(\C)CCCC(C)C(=O)[C@@H](C=C(C)C)OC(=O)[C@@](OC)(c1ccccc1)C(F)(F)F)Oc1ccc(O)cc1CC(=O)OC. The summed E-state index contributed by atoms with van der Waals surface area (Å²) in [6.07, 6.45) is 1.20. The molecule has 4 atom stereocenters. The van der Waals surface area contributed by atoms with Gasteiger partial charge in [-0.3, -0.25) is 9.59 Å². The molecule has 274 valence electrons. The lowest BCUT2D eigenvalue weighted by Gasteiger charge is -2.33. The number of Topliss-reactive ketones (excluding diaryl/α,β-unsaturated/α-hetero) is 1. The van der Waals surface area contributed by atoms with Crippen molar-refractivity contribution < 1.29 is 51.6 Å². The zero-order valence-corrected chi connectivity index (χ0v) is 29.9. The summed E-state index contributed by atoms with van der Waals surface area (Å²) in [4.78, 5) is 38.6. The highest BCUT2D eigenvalue weighted by atomic mass is 19.4. The maximum Gasteiger partial charge on any atom is 0.432 e. The Morgan fingerprint density at radius 2 is 1.68 bits per heavy atom. The number of carbonyl (C=O) groups is 3. The zero-order valence-electron chi connectivity index (χ0n) is 29.9. The summed E-state index contributed by atoms with van der Waals surface area (Å²) in [6.45, 7) is 12.7. The third-order valence-electron chi connectivity index (χ3n) is 8.38. The van der Waals surface area contributed by atoms with Crippen molar-refractivity contribution in [1.82, 2.24) is 0 Å². The molecule has 2 aromatic carbocycles. The molecule has 1 N–H and O–H groups in total. The first-order chi connectivity index (χ1) is 23.4. The number of ketones is 1. The number of hydrogen-bond donors (Lipinski definition) is 1. The number of allylic oxidation sites excluding steroid dienone is 3. The number of methoxy groups -OCH3 is 2. The molecule has 0 radical (unpaired) electrons. The van der Waals surface area contributed by atoms with Gasteiger partial charge in [-0.1, -0.05) is 61.1 Å². The number of rotatable bonds is 19. The number of hydrogen-bond acceptors (Lipinski definition) is 8. The van der Waals surface area contributed by atoms with Crippen LogP contribution in [0.4, 0.5) is 13.2 Å². The number of esters is 2. The number of ether oxygens (including phenoxy) is 4. The second-order valence-electron chi connectivity index (χ2n) is 12.8. The number of alkyl halides is 3. The van der Waals surface area contributed by atoms with Gasteiger partial charge in [0.05, 0.1) is 13.5 Å². The van der Waals surface area contributed by atoms with E-state index in [1.165, 1.54) is 43.5 Å². The molecular weight excluding hydrogens is 653 g/mol. The predicted octanol–water partition coefficient (Wildman–Crippen LogP) is 8.52. The van der Waals surface area contributed by atoms with E-state index in [1.54, 1.807) is 32.9 Å². The third kappa shape index (κ3) is 11.3. The average Bonchev–Trinajstić information content (AvgIpc) is 3.05. The predicted molar refractivity (Wildman–Crippen MR) is 185 cm³/mol. The molecule has 2 aromatic rings. The number of halogens is 3. The Bertz CT molecular complexity index is 1530. The molecule has 2 rings (SSSR count). The first-order valence-electron chi connectivity index (χ1n) is 16.4. The van der Waals surface area contributed by atoms with Crippen molar-refractivity contribution in [2.45, 2.75) is 96.6 Å². The first kappa shape index (κ1) is 41.8. The van der Waals surface area contributed by atoms with Gasteiger partial charge in [0.1, 0.15) is 17.1 Å². The highest BCUT2D eigenvalue weighted by molar-refractivity contribution is 5.91. The maximum absolute atomic E-state index is 14.4. The van der Waals surface area contributed by atoms with Gasteiger partial charge in [-0.05, 0) is 90.2 Å². The molecule has 0 heterocycles. The van der Waals surface area contributed by atoms with Gasteiger partial charge in [0, 0.05) is 24.2 Å². The molecule has 0 aliphatic carbocycles. The first-order valence-corrected chi connectivity index (χ1v) is 16.4. The highest BCUT2D eigenvalue weighted by Crippen LogP contribution is 2.43. The Balaban J connectivity index is 2.06. The van der Waals surface area contributed by atoms with E-state index in [1.807, 2.05) is 13.8 Å². The summed E-state index contributed by atoms with van der Waals surface area (Å²) in [5, 5.41) is 9.90. The minimum absolute atomic E-state index is 0.00255. The fraction of sp³-hybridized carbons (Fsp3) is 0.462. The van der Waals surface area contributed by atoms with Crippen LogP contribution in [0.1, 0.15) is 77.8 Å². The monoisotopic (exact) mass is 702 g/mol. The van der Waals surface area contributed by atoms with E-state index >= 15 is 0 Å². The van der Waals surface area contributed by atoms with Crippen molar-refractivity contribution in [1.29, 1.82) is 0 Å². The number of phenolic OH excluding ortho intramolecular Hbond substituents is 1. The van der Waals surface area contributed by atoms with Gasteiger partial charge in [0.2, 0.25) is 0 Å². The van der Waals surface area contributed by atoms with E-state index in [2.05, 4.69) is 12.7 Å². The third-order valence-corrected chi connectivity index (χ3v) is 8.38. The minimum atomic E-state index is -5.16. The largest absolute Gasteiger partial charge is 0.508 e. The molecule has 0 aliphatic heterocycles. The lowest BCUT2D eigenvalue weighted by Crippen LogP contribution is -2.53. The summed E-state index contributed by atoms with van der Waals surface area (Å²) in [5.41, 5.74) is -2.51. The van der Waals surface area contributed by atoms with Crippen LogP contribution >= 0.6 is 0 Å². The molecular formula is C39H49F3O8. The molecule has 0 aromatic heterocycles. The van der Waals surface area contributed by atoms with Crippen LogP contribution < -0.4 is 4.74 Å². The van der Waals surface area contributed by atoms with E-state index in [0.29, 0.717) is 49.0 Å². The zero-order chi connectivity index (χ0) is 37.7. The van der Waals surface area contributed by atoms with Crippen LogP contribution in [0.15, 0.2) is 84.5 Å². The quantitative estimate of drug-likeness (QED) is 0.115. The number of benzene rings is 2. The van der Waals surface area contributed by atoms with Crippen molar-refractivity contribution in [3.8, 4) is 11.5 Å². The molecule has 0 amide bonds. The Morgan fingerprint density at radius 1 is 1.02 bits per heavy atom. The van der Waals surface area contributed by atoms with Gasteiger partial charge in [-0.2, -0.15) is 13.2 Å². The molecule has 2 unspecified atom stereocenters. The highest BCUT2D eigenvalue weighted by Gasteiger charge is 2.64. The van der Waals surface area contributed by atoms with Gasteiger partial charge in [-0.25, -0.2) is 4.79 Å². The lowest BCUT2D eigenvalue weighted by molar-refractivity contribution is -0.277. The number of aromatic hydroxyl groups is 1. The maximum atomic E-state index is 14.4. The van der Waals surface area contributed by atoms with Crippen LogP contribution in [0.25, 0.3) is 0 Å². The van der Waals surface area contributed by atoms with Crippen LogP contribution in [0, 0.1) is 5.92 Å². The second-order valence-corrected chi connectivity index (χ2v) is 12.8. The summed E-state index contributed by atoms with van der Waals surface area (Å²) < 4.78 is 64.4. The summed E-state index contributed by atoms with van der Waals surface area (Å²) in [7, 11) is 2.06. The minimum Gasteiger partial charge on any atom is -0.508 e. The van der Waals surface area contributed by atoms with Gasteiger partial charge in [0.15, 0.2) is 11.9 Å². The van der Waals surface area contributed by atoms with E-state index in [4.69, 9.17) is 18.9 Å². The van der Waals surface area contributed by atoms with E-state index < -0.39 is 52.7 Å². The summed E-state index contributed by atoms with van der Waals surface area (Å²) >= 11 is 0. The Labute approximate surface area is 293 Å². The van der Waals surface area contributed by atoms with Crippen LogP contribution in [0.5, 0.6) is 11.5 Å². The van der Waals surface area contributed by atoms with Crippen LogP contribution in [-0.2, 0) is 40.6 Å². The average molecular weight is 703 g/mol. The van der Waals surface area contributed by atoms with Crippen molar-refractivity contribution in [3.05, 3.63) is 95.6 Å². The van der Waals surface area contributed by atoms with E-state index in [9.17, 15) is 32.7 Å². The molecule has 0 aliphatic rings. The summed E-state index contributed by atoms with van der Waals surface area (Å²) in [5.74, 6) is -2.89. The van der Waals surface area contributed by atoms with E-state index in [-0.39, 0.29) is 12.2 Å². The Morgan fingerprint density at radius 3 is 2.24 bits per heavy atom. The number of phenols is 1. The normalized spacial score (nSPS) is 15.4. The molecule has 0 bridgehead atoms. The smallest absolute Gasteiger partial charge is 0.432 e. The van der Waals surface area contributed by atoms with Crippen molar-refractivity contribution >= 4 is 17.7 Å². The van der Waals surface area contributed by atoms with Gasteiger partial charge in [0.25, 0.3) is 5.60 Å².